The summed E-state index contributed by atoms with van der Waals surface area (Å²) in [5.41, 5.74) is 4.13. The second-order valence-electron chi connectivity index (χ2n) is 7.38. The summed E-state index contributed by atoms with van der Waals surface area (Å²) in [4.78, 5) is 2.69. The van der Waals surface area contributed by atoms with Crippen molar-refractivity contribution >= 4 is 15.7 Å². The van der Waals surface area contributed by atoms with Gasteiger partial charge in [-0.25, -0.2) is 8.42 Å². The van der Waals surface area contributed by atoms with E-state index in [1.807, 2.05) is 25.1 Å². The van der Waals surface area contributed by atoms with Crippen LogP contribution in [0.2, 0.25) is 0 Å². The average Bonchev–Trinajstić information content (AvgIpc) is 3.32. The Morgan fingerprint density at radius 3 is 2.59 bits per heavy atom. The number of nitrogens with zero attached hydrogens (tertiary/aromatic N) is 2. The maximum Gasteiger partial charge on any atom is 0.268 e. The summed E-state index contributed by atoms with van der Waals surface area (Å²) >= 11 is 0. The zero-order chi connectivity index (χ0) is 19.0. The number of anilines is 1. The third-order valence-corrected chi connectivity index (χ3v) is 7.40. The lowest BCUT2D eigenvalue weighted by Gasteiger charge is -2.22. The number of hydrogen-bond acceptors (Lipinski definition) is 4. The van der Waals surface area contributed by atoms with Gasteiger partial charge in [0.15, 0.2) is 0 Å². The van der Waals surface area contributed by atoms with Crippen LogP contribution >= 0.6 is 0 Å². The van der Waals surface area contributed by atoms with Crippen LogP contribution in [0, 0.1) is 6.92 Å². The highest BCUT2D eigenvalue weighted by molar-refractivity contribution is 7.93. The summed E-state index contributed by atoms with van der Waals surface area (Å²) in [7, 11) is -2.16. The number of sulfonamides is 1. The fraction of sp³-hybridized carbons (Fsp3) is 0.429. The molecule has 0 N–H and O–H groups in total. The van der Waals surface area contributed by atoms with E-state index in [0.717, 1.165) is 37.3 Å². The molecule has 0 saturated carbocycles. The van der Waals surface area contributed by atoms with Gasteiger partial charge in [-0.2, -0.15) is 0 Å². The molecule has 27 heavy (non-hydrogen) atoms. The highest BCUT2D eigenvalue weighted by Crippen LogP contribution is 2.38. The molecule has 6 heteroatoms. The molecule has 0 atom stereocenters. The summed E-state index contributed by atoms with van der Waals surface area (Å²) in [6, 6.07) is 11.3. The van der Waals surface area contributed by atoms with Gasteiger partial charge in [0.1, 0.15) is 10.6 Å². The Morgan fingerprint density at radius 2 is 1.85 bits per heavy atom. The predicted molar refractivity (Wildman–Crippen MR) is 107 cm³/mol. The normalized spacial score (nSPS) is 17.3. The van der Waals surface area contributed by atoms with E-state index in [1.54, 1.807) is 16.4 Å². The summed E-state index contributed by atoms with van der Waals surface area (Å²) in [5, 5.41) is 0. The number of rotatable bonds is 5. The van der Waals surface area contributed by atoms with Crippen molar-refractivity contribution in [2.75, 3.05) is 31.0 Å². The molecular weight excluding hydrogens is 360 g/mol. The Morgan fingerprint density at radius 1 is 1.07 bits per heavy atom. The van der Waals surface area contributed by atoms with Crippen LogP contribution in [0.15, 0.2) is 41.3 Å². The van der Waals surface area contributed by atoms with Crippen molar-refractivity contribution < 1.29 is 13.2 Å². The number of fused-ring (bicyclic) bond motifs is 1. The zero-order valence-electron chi connectivity index (χ0n) is 15.9. The molecule has 2 aliphatic rings. The lowest BCUT2D eigenvalue weighted by Crippen LogP contribution is -2.29. The van der Waals surface area contributed by atoms with Gasteiger partial charge in [0, 0.05) is 13.1 Å². The molecule has 0 spiro atoms. The highest BCUT2D eigenvalue weighted by atomic mass is 32.2. The second-order valence-corrected chi connectivity index (χ2v) is 9.21. The van der Waals surface area contributed by atoms with E-state index in [-0.39, 0.29) is 4.90 Å². The second kappa shape index (κ2) is 7.17. The van der Waals surface area contributed by atoms with Crippen LogP contribution in [0.25, 0.3) is 0 Å². The van der Waals surface area contributed by atoms with Gasteiger partial charge >= 0.3 is 0 Å². The molecule has 1 fully saturated rings. The van der Waals surface area contributed by atoms with E-state index in [2.05, 4.69) is 11.0 Å². The maximum absolute atomic E-state index is 13.4. The first-order chi connectivity index (χ1) is 13.0. The Hall–Kier alpha value is -2.05. The standard InChI is InChI=1S/C21H26N2O3S/c1-16-8-9-20(26-2)21(14-16)27(24,25)23-13-10-18-17(6-5-7-19(18)23)15-22-11-3-4-12-22/h5-9,14H,3-4,10-13,15H2,1-2H3. The lowest BCUT2D eigenvalue weighted by atomic mass is 10.0. The zero-order valence-corrected chi connectivity index (χ0v) is 16.8. The third kappa shape index (κ3) is 3.32. The van der Waals surface area contributed by atoms with E-state index >= 15 is 0 Å². The molecule has 0 radical (unpaired) electrons. The predicted octanol–water partition coefficient (Wildman–Crippen LogP) is 3.35. The topological polar surface area (TPSA) is 49.9 Å². The first-order valence-corrected chi connectivity index (χ1v) is 11.0. The molecule has 2 aromatic rings. The summed E-state index contributed by atoms with van der Waals surface area (Å²) in [5.74, 6) is 0.391. The molecule has 0 amide bonds. The number of methoxy groups -OCH3 is 1. The molecule has 1 saturated heterocycles. The number of hydrogen-bond donors (Lipinski definition) is 0. The smallest absolute Gasteiger partial charge is 0.268 e. The van der Waals surface area contributed by atoms with Crippen molar-refractivity contribution in [3.63, 3.8) is 0 Å². The minimum Gasteiger partial charge on any atom is -0.495 e. The lowest BCUT2D eigenvalue weighted by molar-refractivity contribution is 0.330. The largest absolute Gasteiger partial charge is 0.495 e. The Kier molecular flexibility index (Phi) is 4.86. The van der Waals surface area contributed by atoms with Gasteiger partial charge in [0.25, 0.3) is 10.0 Å². The first-order valence-electron chi connectivity index (χ1n) is 9.51. The molecule has 2 aromatic carbocycles. The fourth-order valence-corrected chi connectivity index (χ4v) is 5.90. The summed E-state index contributed by atoms with van der Waals surface area (Å²) < 4.78 is 33.7. The molecule has 2 heterocycles. The molecule has 5 nitrogen and oxygen atoms in total. The molecule has 4 rings (SSSR count). The van der Waals surface area contributed by atoms with E-state index in [0.29, 0.717) is 12.3 Å². The number of aryl methyl sites for hydroxylation is 1. The molecule has 0 aliphatic carbocycles. The molecule has 144 valence electrons. The quantitative estimate of drug-likeness (QED) is 0.791. The van der Waals surface area contributed by atoms with Gasteiger partial charge in [0.05, 0.1) is 12.8 Å². The van der Waals surface area contributed by atoms with Crippen LogP contribution in [0.3, 0.4) is 0 Å². The van der Waals surface area contributed by atoms with Gasteiger partial charge in [-0.3, -0.25) is 9.21 Å². The van der Waals surface area contributed by atoms with E-state index < -0.39 is 10.0 Å². The van der Waals surface area contributed by atoms with Gasteiger partial charge in [0.2, 0.25) is 0 Å². The van der Waals surface area contributed by atoms with Crippen molar-refractivity contribution in [2.45, 2.75) is 37.6 Å². The molecule has 2 aliphatic heterocycles. The van der Waals surface area contributed by atoms with Crippen LogP contribution in [-0.4, -0.2) is 40.1 Å². The van der Waals surface area contributed by atoms with Crippen LogP contribution < -0.4 is 9.04 Å². The van der Waals surface area contributed by atoms with Crippen molar-refractivity contribution in [2.24, 2.45) is 0 Å². The van der Waals surface area contributed by atoms with Crippen LogP contribution in [-0.2, 0) is 23.0 Å². The molecule has 0 unspecified atom stereocenters. The van der Waals surface area contributed by atoms with Gasteiger partial charge < -0.3 is 4.74 Å². The van der Waals surface area contributed by atoms with E-state index in [9.17, 15) is 8.42 Å². The van der Waals surface area contributed by atoms with Gasteiger partial charge in [-0.1, -0.05) is 18.2 Å². The Labute approximate surface area is 161 Å². The maximum atomic E-state index is 13.4. The molecular formula is C21H26N2O3S. The van der Waals surface area contributed by atoms with Gasteiger partial charge in [-0.05, 0) is 74.2 Å². The highest BCUT2D eigenvalue weighted by Gasteiger charge is 2.34. The monoisotopic (exact) mass is 386 g/mol. The van der Waals surface area contributed by atoms with Crippen molar-refractivity contribution in [1.29, 1.82) is 0 Å². The minimum atomic E-state index is -3.67. The number of benzene rings is 2. The van der Waals surface area contributed by atoms with Gasteiger partial charge in [-0.15, -0.1) is 0 Å². The summed E-state index contributed by atoms with van der Waals surface area (Å²) in [6.07, 6.45) is 3.26. The van der Waals surface area contributed by atoms with Crippen molar-refractivity contribution in [3.8, 4) is 5.75 Å². The minimum absolute atomic E-state index is 0.239. The van der Waals surface area contributed by atoms with Crippen LogP contribution in [0.1, 0.15) is 29.5 Å². The van der Waals surface area contributed by atoms with Crippen molar-refractivity contribution in [3.05, 3.63) is 53.1 Å². The average molecular weight is 387 g/mol. The third-order valence-electron chi connectivity index (χ3n) is 5.56. The first kappa shape index (κ1) is 18.3. The molecule has 0 aromatic heterocycles. The van der Waals surface area contributed by atoms with E-state index in [4.69, 9.17) is 4.74 Å². The summed E-state index contributed by atoms with van der Waals surface area (Å²) in [6.45, 7) is 5.54. The fourth-order valence-electron chi connectivity index (χ4n) is 4.16. The number of likely N-dealkylation sites (tertiary alicyclic amines) is 1. The number of ether oxygens (including phenoxy) is 1. The SMILES string of the molecule is COc1ccc(C)cc1S(=O)(=O)N1CCc2c(CN3CCCC3)cccc21. The van der Waals surface area contributed by atoms with Crippen LogP contribution in [0.4, 0.5) is 5.69 Å². The van der Waals surface area contributed by atoms with Crippen LogP contribution in [0.5, 0.6) is 5.75 Å². The van der Waals surface area contributed by atoms with E-state index in [1.165, 1.54) is 31.1 Å². The van der Waals surface area contributed by atoms with Crippen molar-refractivity contribution in [1.82, 2.24) is 4.90 Å². The Bertz CT molecular complexity index is 950. The Balaban J connectivity index is 1.71. The molecule has 0 bridgehead atoms.